The molecule has 12 heteroatoms. The van der Waals surface area contributed by atoms with Crippen LogP contribution in [0.1, 0.15) is 21.5 Å². The Hall–Kier alpha value is -5.13. The summed E-state index contributed by atoms with van der Waals surface area (Å²) in [6.07, 6.45) is 1.34. The summed E-state index contributed by atoms with van der Waals surface area (Å²) in [7, 11) is 0. The van der Waals surface area contributed by atoms with Crippen molar-refractivity contribution in [2.75, 3.05) is 6.61 Å². The fourth-order valence-electron chi connectivity index (χ4n) is 2.75. The van der Waals surface area contributed by atoms with Crippen molar-refractivity contribution < 1.29 is 28.9 Å². The Morgan fingerprint density at radius 1 is 0.971 bits per heavy atom. The highest BCUT2D eigenvalue weighted by Crippen LogP contribution is 2.27. The predicted octanol–water partition coefficient (Wildman–Crippen LogP) is 3.56. The summed E-state index contributed by atoms with van der Waals surface area (Å²) in [5.41, 5.74) is 3.29. The molecule has 0 aromatic heterocycles. The van der Waals surface area contributed by atoms with E-state index in [1.807, 2.05) is 0 Å². The molecule has 0 bridgehead atoms. The summed E-state index contributed by atoms with van der Waals surface area (Å²) < 4.78 is 10.4. The van der Waals surface area contributed by atoms with Gasteiger partial charge in [0.15, 0.2) is 12.4 Å². The molecule has 0 aliphatic heterocycles. The number of hydrogen-bond donors (Lipinski definition) is 1. The van der Waals surface area contributed by atoms with Crippen molar-refractivity contribution in [2.24, 2.45) is 5.10 Å². The average molecular weight is 478 g/mol. The van der Waals surface area contributed by atoms with E-state index in [0.29, 0.717) is 11.1 Å². The SMILES string of the molecule is Cc1ccc(OCC(=O)N/N=C\c2ccc(OC(=O)c3ccc([N+](=O)[O-])cc3)cc2)c([N+](=O)[O-])c1. The van der Waals surface area contributed by atoms with E-state index in [1.165, 1.54) is 54.7 Å². The van der Waals surface area contributed by atoms with Gasteiger partial charge < -0.3 is 9.47 Å². The number of hydrazone groups is 1. The Kier molecular flexibility index (Phi) is 7.80. The average Bonchev–Trinajstić information content (AvgIpc) is 2.84. The first kappa shape index (κ1) is 24.5. The zero-order valence-corrected chi connectivity index (χ0v) is 18.2. The van der Waals surface area contributed by atoms with Gasteiger partial charge in [0.1, 0.15) is 5.75 Å². The monoisotopic (exact) mass is 478 g/mol. The van der Waals surface area contributed by atoms with E-state index < -0.39 is 28.3 Å². The first-order valence-electron chi connectivity index (χ1n) is 9.99. The van der Waals surface area contributed by atoms with Crippen molar-refractivity contribution in [3.8, 4) is 11.5 Å². The minimum Gasteiger partial charge on any atom is -0.477 e. The zero-order chi connectivity index (χ0) is 25.4. The lowest BCUT2D eigenvalue weighted by molar-refractivity contribution is -0.385. The standard InChI is InChI=1S/C23H18N4O8/c1-15-2-11-21(20(12-15)27(32)33)34-14-22(28)25-24-13-16-3-9-19(10-4-16)35-23(29)17-5-7-18(8-6-17)26(30)31/h2-13H,14H2,1H3,(H,25,28)/b24-13-. The van der Waals surface area contributed by atoms with Crippen LogP contribution in [0.4, 0.5) is 11.4 Å². The highest BCUT2D eigenvalue weighted by Gasteiger charge is 2.16. The van der Waals surface area contributed by atoms with Gasteiger partial charge in [0, 0.05) is 18.2 Å². The second kappa shape index (κ2) is 11.1. The molecular formula is C23H18N4O8. The van der Waals surface area contributed by atoms with E-state index >= 15 is 0 Å². The molecule has 0 aliphatic carbocycles. The van der Waals surface area contributed by atoms with Crippen molar-refractivity contribution in [3.63, 3.8) is 0 Å². The number of aryl methyl sites for hydroxylation is 1. The van der Waals surface area contributed by atoms with Crippen LogP contribution in [0.3, 0.4) is 0 Å². The molecule has 1 N–H and O–H groups in total. The molecule has 0 saturated heterocycles. The quantitative estimate of drug-likeness (QED) is 0.160. The maximum Gasteiger partial charge on any atom is 0.343 e. The van der Waals surface area contributed by atoms with Crippen molar-refractivity contribution in [2.45, 2.75) is 6.92 Å². The van der Waals surface area contributed by atoms with Gasteiger partial charge in [0.2, 0.25) is 0 Å². The fourth-order valence-corrected chi connectivity index (χ4v) is 2.75. The number of benzene rings is 3. The summed E-state index contributed by atoms with van der Waals surface area (Å²) in [5.74, 6) is -1.09. The highest BCUT2D eigenvalue weighted by atomic mass is 16.6. The first-order chi connectivity index (χ1) is 16.7. The van der Waals surface area contributed by atoms with E-state index in [4.69, 9.17) is 9.47 Å². The van der Waals surface area contributed by atoms with Crippen LogP contribution in [0.5, 0.6) is 11.5 Å². The minimum absolute atomic E-state index is 0.0291. The van der Waals surface area contributed by atoms with Gasteiger partial charge in [0.25, 0.3) is 11.6 Å². The largest absolute Gasteiger partial charge is 0.477 e. The van der Waals surface area contributed by atoms with E-state index in [2.05, 4.69) is 10.5 Å². The van der Waals surface area contributed by atoms with Crippen LogP contribution in [0.15, 0.2) is 71.8 Å². The van der Waals surface area contributed by atoms with E-state index in [-0.39, 0.29) is 28.4 Å². The van der Waals surface area contributed by atoms with Gasteiger partial charge in [-0.15, -0.1) is 0 Å². The number of rotatable bonds is 9. The van der Waals surface area contributed by atoms with Gasteiger partial charge in [-0.25, -0.2) is 10.2 Å². The molecule has 0 unspecified atom stereocenters. The molecule has 0 fully saturated rings. The molecule has 0 radical (unpaired) electrons. The number of ether oxygens (including phenoxy) is 2. The summed E-state index contributed by atoms with van der Waals surface area (Å²) in [6.45, 7) is 1.23. The van der Waals surface area contributed by atoms with E-state index in [0.717, 1.165) is 0 Å². The molecule has 178 valence electrons. The molecule has 0 spiro atoms. The van der Waals surface area contributed by atoms with Crippen molar-refractivity contribution >= 4 is 29.5 Å². The number of carbonyl (C=O) groups excluding carboxylic acids is 2. The van der Waals surface area contributed by atoms with Crippen LogP contribution in [-0.2, 0) is 4.79 Å². The van der Waals surface area contributed by atoms with Gasteiger partial charge in [-0.05, 0) is 60.5 Å². The van der Waals surface area contributed by atoms with Gasteiger partial charge in [-0.1, -0.05) is 6.07 Å². The number of esters is 1. The fraction of sp³-hybridized carbons (Fsp3) is 0.0870. The van der Waals surface area contributed by atoms with Crippen molar-refractivity contribution in [1.82, 2.24) is 5.43 Å². The molecular weight excluding hydrogens is 460 g/mol. The highest BCUT2D eigenvalue weighted by molar-refractivity contribution is 5.91. The zero-order valence-electron chi connectivity index (χ0n) is 18.2. The molecule has 0 aliphatic rings. The molecule has 0 heterocycles. The number of nitro groups is 2. The third kappa shape index (κ3) is 6.92. The van der Waals surface area contributed by atoms with Crippen LogP contribution >= 0.6 is 0 Å². The Bertz CT molecular complexity index is 1290. The maximum atomic E-state index is 12.2. The number of nitrogens with one attached hydrogen (secondary N) is 1. The first-order valence-corrected chi connectivity index (χ1v) is 9.99. The third-order valence-corrected chi connectivity index (χ3v) is 4.48. The smallest absolute Gasteiger partial charge is 0.343 e. The molecule has 3 aromatic carbocycles. The normalized spacial score (nSPS) is 10.5. The number of carbonyl (C=O) groups is 2. The molecule has 3 rings (SSSR count). The van der Waals surface area contributed by atoms with Crippen LogP contribution < -0.4 is 14.9 Å². The van der Waals surface area contributed by atoms with Gasteiger partial charge in [0.05, 0.1) is 21.6 Å². The number of hydrogen-bond acceptors (Lipinski definition) is 9. The van der Waals surface area contributed by atoms with Crippen LogP contribution in [0, 0.1) is 27.2 Å². The molecule has 12 nitrogen and oxygen atoms in total. The third-order valence-electron chi connectivity index (χ3n) is 4.48. The maximum absolute atomic E-state index is 12.2. The molecule has 0 atom stereocenters. The van der Waals surface area contributed by atoms with Gasteiger partial charge in [-0.2, -0.15) is 5.10 Å². The molecule has 0 saturated carbocycles. The van der Waals surface area contributed by atoms with Gasteiger partial charge in [-0.3, -0.25) is 25.0 Å². The second-order valence-corrected chi connectivity index (χ2v) is 7.07. The topological polar surface area (TPSA) is 163 Å². The molecule has 3 aromatic rings. The lowest BCUT2D eigenvalue weighted by atomic mass is 10.2. The number of nitrogens with zero attached hydrogens (tertiary/aromatic N) is 3. The second-order valence-electron chi connectivity index (χ2n) is 7.07. The minimum atomic E-state index is -0.678. The van der Waals surface area contributed by atoms with Crippen LogP contribution in [0.2, 0.25) is 0 Å². The molecule has 1 amide bonds. The number of non-ortho nitro benzene ring substituents is 1. The summed E-state index contributed by atoms with van der Waals surface area (Å²) in [5, 5.41) is 25.6. The lowest BCUT2D eigenvalue weighted by Gasteiger charge is -2.06. The summed E-state index contributed by atoms with van der Waals surface area (Å²) >= 11 is 0. The Balaban J connectivity index is 1.49. The predicted molar refractivity (Wildman–Crippen MR) is 124 cm³/mol. The number of nitro benzene ring substituents is 2. The summed E-state index contributed by atoms with van der Waals surface area (Å²) in [6, 6.07) is 15.6. The van der Waals surface area contributed by atoms with Crippen molar-refractivity contribution in [1.29, 1.82) is 0 Å². The van der Waals surface area contributed by atoms with E-state index in [1.54, 1.807) is 25.1 Å². The van der Waals surface area contributed by atoms with Crippen LogP contribution in [0.25, 0.3) is 0 Å². The summed E-state index contributed by atoms with van der Waals surface area (Å²) in [4.78, 5) is 44.7. The van der Waals surface area contributed by atoms with E-state index in [9.17, 15) is 29.8 Å². The Labute approximate surface area is 198 Å². The molecule has 35 heavy (non-hydrogen) atoms. The van der Waals surface area contributed by atoms with Gasteiger partial charge >= 0.3 is 11.7 Å². The Morgan fingerprint density at radius 2 is 1.66 bits per heavy atom. The Morgan fingerprint density at radius 3 is 2.29 bits per heavy atom. The van der Waals surface area contributed by atoms with Crippen molar-refractivity contribution in [3.05, 3.63) is 104 Å². The number of amides is 1. The van der Waals surface area contributed by atoms with Crippen LogP contribution in [-0.4, -0.2) is 34.5 Å². The lowest BCUT2D eigenvalue weighted by Crippen LogP contribution is -2.24.